The summed E-state index contributed by atoms with van der Waals surface area (Å²) in [7, 11) is 0. The fraction of sp³-hybridized carbons (Fsp3) is 0.318. The molecule has 3 rings (SSSR count). The number of nitrogens with zero attached hydrogens (tertiary/aromatic N) is 2. The van der Waals surface area contributed by atoms with Crippen molar-refractivity contribution in [3.63, 3.8) is 0 Å². The molecule has 0 unspecified atom stereocenters. The molecule has 5 heteroatoms. The highest BCUT2D eigenvalue weighted by Crippen LogP contribution is 2.27. The number of hydrogen-bond acceptors (Lipinski definition) is 4. The summed E-state index contributed by atoms with van der Waals surface area (Å²) in [6.45, 7) is 9.82. The molecule has 2 aromatic carbocycles. The summed E-state index contributed by atoms with van der Waals surface area (Å²) in [5.74, 6) is 0.0424. The number of fused-ring (bicyclic) bond motifs is 1. The van der Waals surface area contributed by atoms with Crippen LogP contribution in [0, 0.1) is 13.8 Å². The van der Waals surface area contributed by atoms with Gasteiger partial charge in [-0.3, -0.25) is 14.2 Å². The number of aryl methyl sites for hydroxylation is 2. The molecule has 27 heavy (non-hydrogen) atoms. The van der Waals surface area contributed by atoms with Crippen LogP contribution in [0.25, 0.3) is 10.9 Å². The molecule has 0 saturated heterocycles. The normalized spacial score (nSPS) is 12.5. The van der Waals surface area contributed by atoms with Gasteiger partial charge >= 0.3 is 0 Å². The first-order valence-electron chi connectivity index (χ1n) is 9.09. The van der Waals surface area contributed by atoms with Crippen LogP contribution >= 0.6 is 11.8 Å². The molecule has 1 aromatic heterocycles. The fourth-order valence-electron chi connectivity index (χ4n) is 3.01. The highest BCUT2D eigenvalue weighted by atomic mass is 32.2. The molecular weight excluding hydrogens is 356 g/mol. The van der Waals surface area contributed by atoms with Crippen LogP contribution in [0.4, 0.5) is 0 Å². The van der Waals surface area contributed by atoms with Crippen LogP contribution in [0.15, 0.2) is 52.4 Å². The lowest BCUT2D eigenvalue weighted by atomic mass is 10.0. The second-order valence-electron chi connectivity index (χ2n) is 7.10. The van der Waals surface area contributed by atoms with E-state index in [9.17, 15) is 9.59 Å². The highest BCUT2D eigenvalue weighted by Gasteiger charge is 2.21. The third kappa shape index (κ3) is 3.83. The van der Waals surface area contributed by atoms with Gasteiger partial charge in [0.1, 0.15) is 0 Å². The number of para-hydroxylation sites is 1. The lowest BCUT2D eigenvalue weighted by Gasteiger charge is -2.18. The van der Waals surface area contributed by atoms with E-state index >= 15 is 0 Å². The second-order valence-corrected chi connectivity index (χ2v) is 8.41. The minimum Gasteiger partial charge on any atom is -0.293 e. The third-order valence-corrected chi connectivity index (χ3v) is 5.80. The lowest BCUT2D eigenvalue weighted by Crippen LogP contribution is -2.26. The SMILES string of the molecule is Cc1ccc(C(=O)[C@@H](C)Sc2nc3ccccc3c(=O)n2C(C)C)cc1C. The van der Waals surface area contributed by atoms with Crippen molar-refractivity contribution >= 4 is 28.4 Å². The number of hydrogen-bond donors (Lipinski definition) is 0. The maximum atomic E-state index is 12.9. The molecule has 3 aromatic rings. The maximum absolute atomic E-state index is 12.9. The van der Waals surface area contributed by atoms with Gasteiger partial charge in [0.25, 0.3) is 5.56 Å². The molecule has 0 radical (unpaired) electrons. The Balaban J connectivity index is 1.99. The number of ketones is 1. The van der Waals surface area contributed by atoms with Crippen LogP contribution in [0.5, 0.6) is 0 Å². The Bertz CT molecular complexity index is 1070. The molecule has 0 N–H and O–H groups in total. The van der Waals surface area contributed by atoms with Crippen LogP contribution in [-0.4, -0.2) is 20.6 Å². The number of rotatable bonds is 5. The van der Waals surface area contributed by atoms with Crippen LogP contribution in [0.2, 0.25) is 0 Å². The largest absolute Gasteiger partial charge is 0.293 e. The molecule has 0 bridgehead atoms. The molecule has 1 atom stereocenters. The number of benzene rings is 2. The standard InChI is InChI=1S/C22H24N2O2S/c1-13(2)24-21(26)18-8-6-7-9-19(18)23-22(24)27-16(5)20(25)17-11-10-14(3)15(4)12-17/h6-13,16H,1-5H3/t16-/m1/s1. The maximum Gasteiger partial charge on any atom is 0.262 e. The molecule has 0 aliphatic carbocycles. The van der Waals surface area contributed by atoms with Crippen molar-refractivity contribution in [3.8, 4) is 0 Å². The zero-order valence-electron chi connectivity index (χ0n) is 16.3. The van der Waals surface area contributed by atoms with Crippen molar-refractivity contribution in [1.82, 2.24) is 9.55 Å². The number of thioether (sulfide) groups is 1. The predicted molar refractivity (Wildman–Crippen MR) is 112 cm³/mol. The molecule has 0 spiro atoms. The van der Waals surface area contributed by atoms with E-state index in [0.29, 0.717) is 21.6 Å². The van der Waals surface area contributed by atoms with E-state index in [1.165, 1.54) is 11.8 Å². The predicted octanol–water partition coefficient (Wildman–Crippen LogP) is 4.96. The summed E-state index contributed by atoms with van der Waals surface area (Å²) in [4.78, 5) is 30.5. The van der Waals surface area contributed by atoms with Gasteiger partial charge in [0.2, 0.25) is 0 Å². The third-order valence-electron chi connectivity index (χ3n) is 4.73. The number of aromatic nitrogens is 2. The zero-order valence-corrected chi connectivity index (χ0v) is 17.1. The van der Waals surface area contributed by atoms with Gasteiger partial charge in [-0.2, -0.15) is 0 Å². The van der Waals surface area contributed by atoms with E-state index in [0.717, 1.165) is 11.1 Å². The summed E-state index contributed by atoms with van der Waals surface area (Å²) < 4.78 is 1.68. The van der Waals surface area contributed by atoms with Crippen molar-refractivity contribution in [2.45, 2.75) is 51.1 Å². The number of carbonyl (C=O) groups excluding carboxylic acids is 1. The fourth-order valence-corrected chi connectivity index (χ4v) is 4.12. The van der Waals surface area contributed by atoms with Crippen LogP contribution in [-0.2, 0) is 0 Å². The summed E-state index contributed by atoms with van der Waals surface area (Å²) in [5, 5.41) is 0.840. The van der Waals surface area contributed by atoms with E-state index in [4.69, 9.17) is 0 Å². The van der Waals surface area contributed by atoms with Gasteiger partial charge in [-0.05, 0) is 63.9 Å². The van der Waals surface area contributed by atoms with Gasteiger partial charge in [-0.1, -0.05) is 36.0 Å². The van der Waals surface area contributed by atoms with Crippen molar-refractivity contribution < 1.29 is 4.79 Å². The summed E-state index contributed by atoms with van der Waals surface area (Å²) in [6, 6.07) is 13.1. The molecule has 0 saturated carbocycles. The zero-order chi connectivity index (χ0) is 19.7. The molecule has 0 fully saturated rings. The Labute approximate surface area is 163 Å². The van der Waals surface area contributed by atoms with Gasteiger partial charge in [0.05, 0.1) is 16.2 Å². The Morgan fingerprint density at radius 2 is 1.74 bits per heavy atom. The summed E-state index contributed by atoms with van der Waals surface area (Å²) >= 11 is 1.34. The molecule has 0 amide bonds. The van der Waals surface area contributed by atoms with Crippen molar-refractivity contribution in [1.29, 1.82) is 0 Å². The summed E-state index contributed by atoms with van der Waals surface area (Å²) in [6.07, 6.45) is 0. The summed E-state index contributed by atoms with van der Waals surface area (Å²) in [5.41, 5.74) is 3.55. The smallest absolute Gasteiger partial charge is 0.262 e. The Hall–Kier alpha value is -2.40. The Kier molecular flexibility index (Phi) is 5.51. The van der Waals surface area contributed by atoms with Gasteiger partial charge in [0, 0.05) is 11.6 Å². The molecule has 4 nitrogen and oxygen atoms in total. The van der Waals surface area contributed by atoms with Crippen LogP contribution in [0.1, 0.15) is 48.3 Å². The van der Waals surface area contributed by atoms with Crippen LogP contribution < -0.4 is 5.56 Å². The lowest BCUT2D eigenvalue weighted by molar-refractivity contribution is 0.0993. The van der Waals surface area contributed by atoms with Gasteiger partial charge < -0.3 is 0 Å². The quantitative estimate of drug-likeness (QED) is 0.357. The topological polar surface area (TPSA) is 52.0 Å². The van der Waals surface area contributed by atoms with Gasteiger partial charge in [-0.15, -0.1) is 0 Å². The monoisotopic (exact) mass is 380 g/mol. The van der Waals surface area contributed by atoms with E-state index in [2.05, 4.69) is 4.98 Å². The van der Waals surface area contributed by atoms with Gasteiger partial charge in [-0.25, -0.2) is 4.98 Å². The molecule has 1 heterocycles. The highest BCUT2D eigenvalue weighted by molar-refractivity contribution is 8.00. The van der Waals surface area contributed by atoms with Crippen molar-refractivity contribution in [3.05, 3.63) is 69.5 Å². The average molecular weight is 381 g/mol. The molecule has 0 aliphatic rings. The minimum atomic E-state index is -0.342. The first-order chi connectivity index (χ1) is 12.8. The minimum absolute atomic E-state index is 0.0407. The molecular formula is C22H24N2O2S. The average Bonchev–Trinajstić information content (AvgIpc) is 2.63. The molecule has 0 aliphatic heterocycles. The van der Waals surface area contributed by atoms with Gasteiger partial charge in [0.15, 0.2) is 10.9 Å². The second kappa shape index (κ2) is 7.69. The van der Waals surface area contributed by atoms with Crippen LogP contribution in [0.3, 0.4) is 0 Å². The first kappa shape index (κ1) is 19.4. The number of Topliss-reactive ketones (excluding diaryl/α,β-unsaturated/α-hetero) is 1. The van der Waals surface area contributed by atoms with Crippen molar-refractivity contribution in [2.24, 2.45) is 0 Å². The van der Waals surface area contributed by atoms with E-state index in [1.54, 1.807) is 10.6 Å². The van der Waals surface area contributed by atoms with E-state index in [-0.39, 0.29) is 22.6 Å². The van der Waals surface area contributed by atoms with E-state index < -0.39 is 0 Å². The van der Waals surface area contributed by atoms with E-state index in [1.807, 2.05) is 71.0 Å². The molecule has 140 valence electrons. The Morgan fingerprint density at radius 3 is 2.41 bits per heavy atom. The van der Waals surface area contributed by atoms with Crippen molar-refractivity contribution in [2.75, 3.05) is 0 Å². The first-order valence-corrected chi connectivity index (χ1v) is 9.97. The Morgan fingerprint density at radius 1 is 1.04 bits per heavy atom. The number of carbonyl (C=O) groups is 1.